The van der Waals surface area contributed by atoms with Crippen molar-refractivity contribution in [3.8, 4) is 0 Å². The van der Waals surface area contributed by atoms with Crippen LogP contribution in [0.1, 0.15) is 18.5 Å². The minimum Gasteiger partial charge on any atom is -0.478 e. The van der Waals surface area contributed by atoms with Crippen LogP contribution in [0.2, 0.25) is 0 Å². The van der Waals surface area contributed by atoms with Crippen molar-refractivity contribution >= 4 is 5.97 Å². The zero-order chi connectivity index (χ0) is 12.1. The molecule has 0 bridgehead atoms. The Morgan fingerprint density at radius 2 is 2.31 bits per heavy atom. The predicted octanol–water partition coefficient (Wildman–Crippen LogP) is 2.12. The van der Waals surface area contributed by atoms with E-state index in [0.29, 0.717) is 0 Å². The second-order valence-corrected chi connectivity index (χ2v) is 3.57. The van der Waals surface area contributed by atoms with Crippen molar-refractivity contribution < 1.29 is 14.3 Å². The summed E-state index contributed by atoms with van der Waals surface area (Å²) in [6.07, 6.45) is 0. The van der Waals surface area contributed by atoms with Gasteiger partial charge in [-0.05, 0) is 24.6 Å². The molecule has 1 rings (SSSR count). The van der Waals surface area contributed by atoms with Crippen LogP contribution in [0.3, 0.4) is 0 Å². The SMILES string of the molecule is C=C(CNC(C)c1cccc(F)c1)C(=O)O. The molecule has 0 aliphatic rings. The summed E-state index contributed by atoms with van der Waals surface area (Å²) in [6.45, 7) is 5.41. The van der Waals surface area contributed by atoms with Crippen LogP contribution in [-0.2, 0) is 4.79 Å². The third-order valence-electron chi connectivity index (χ3n) is 2.27. The summed E-state index contributed by atoms with van der Waals surface area (Å²) in [7, 11) is 0. The predicted molar refractivity (Wildman–Crippen MR) is 59.6 cm³/mol. The van der Waals surface area contributed by atoms with Crippen molar-refractivity contribution in [2.75, 3.05) is 6.54 Å². The second-order valence-electron chi connectivity index (χ2n) is 3.57. The molecule has 3 nitrogen and oxygen atoms in total. The number of carboxylic acids is 1. The Morgan fingerprint density at radius 3 is 2.88 bits per heavy atom. The van der Waals surface area contributed by atoms with Gasteiger partial charge in [0.25, 0.3) is 0 Å². The maximum Gasteiger partial charge on any atom is 0.332 e. The smallest absolute Gasteiger partial charge is 0.332 e. The Kier molecular flexibility index (Phi) is 4.19. The molecule has 1 atom stereocenters. The quantitative estimate of drug-likeness (QED) is 0.752. The first-order valence-electron chi connectivity index (χ1n) is 4.90. The van der Waals surface area contributed by atoms with Crippen molar-refractivity contribution in [2.45, 2.75) is 13.0 Å². The van der Waals surface area contributed by atoms with Crippen LogP contribution in [0, 0.1) is 5.82 Å². The van der Waals surface area contributed by atoms with E-state index in [4.69, 9.17) is 5.11 Å². The van der Waals surface area contributed by atoms with Gasteiger partial charge in [-0.15, -0.1) is 0 Å². The molecule has 0 amide bonds. The summed E-state index contributed by atoms with van der Waals surface area (Å²) in [4.78, 5) is 10.5. The normalized spacial score (nSPS) is 12.1. The highest BCUT2D eigenvalue weighted by Crippen LogP contribution is 2.13. The minimum absolute atomic E-state index is 0.0863. The number of carboxylic acid groups (broad SMARTS) is 1. The van der Waals surface area contributed by atoms with Gasteiger partial charge in [0.1, 0.15) is 5.82 Å². The van der Waals surface area contributed by atoms with Gasteiger partial charge in [0.05, 0.1) is 0 Å². The van der Waals surface area contributed by atoms with Crippen molar-refractivity contribution in [3.63, 3.8) is 0 Å². The second kappa shape index (κ2) is 5.42. The third kappa shape index (κ3) is 3.47. The van der Waals surface area contributed by atoms with Crippen LogP contribution in [-0.4, -0.2) is 17.6 Å². The van der Waals surface area contributed by atoms with E-state index in [1.165, 1.54) is 12.1 Å². The fourth-order valence-electron chi connectivity index (χ4n) is 1.25. The lowest BCUT2D eigenvalue weighted by molar-refractivity contribution is -0.132. The van der Waals surface area contributed by atoms with Crippen LogP contribution in [0.5, 0.6) is 0 Å². The van der Waals surface area contributed by atoms with Gasteiger partial charge >= 0.3 is 5.97 Å². The van der Waals surface area contributed by atoms with Crippen molar-refractivity contribution in [3.05, 3.63) is 47.8 Å². The van der Waals surface area contributed by atoms with E-state index in [9.17, 15) is 9.18 Å². The van der Waals surface area contributed by atoms with Gasteiger partial charge in [0, 0.05) is 18.2 Å². The Balaban J connectivity index is 2.56. The van der Waals surface area contributed by atoms with Crippen molar-refractivity contribution in [2.24, 2.45) is 0 Å². The van der Waals surface area contributed by atoms with Crippen molar-refractivity contribution in [1.29, 1.82) is 0 Å². The third-order valence-corrected chi connectivity index (χ3v) is 2.27. The Hall–Kier alpha value is -1.68. The molecule has 0 saturated heterocycles. The fourth-order valence-corrected chi connectivity index (χ4v) is 1.25. The Morgan fingerprint density at radius 1 is 1.62 bits per heavy atom. The number of hydrogen-bond acceptors (Lipinski definition) is 2. The van der Waals surface area contributed by atoms with E-state index in [1.807, 2.05) is 6.92 Å². The summed E-state index contributed by atoms with van der Waals surface area (Å²) in [5.41, 5.74) is 0.862. The lowest BCUT2D eigenvalue weighted by Gasteiger charge is -2.14. The van der Waals surface area contributed by atoms with Crippen LogP contribution >= 0.6 is 0 Å². The number of rotatable bonds is 5. The van der Waals surface area contributed by atoms with E-state index in [-0.39, 0.29) is 24.0 Å². The van der Waals surface area contributed by atoms with Crippen LogP contribution in [0.4, 0.5) is 4.39 Å². The molecule has 16 heavy (non-hydrogen) atoms. The molecule has 0 aromatic heterocycles. The molecule has 0 aliphatic carbocycles. The van der Waals surface area contributed by atoms with Gasteiger partial charge in [-0.25, -0.2) is 9.18 Å². The molecule has 0 fully saturated rings. The monoisotopic (exact) mass is 223 g/mol. The number of nitrogens with one attached hydrogen (secondary N) is 1. The highest BCUT2D eigenvalue weighted by molar-refractivity contribution is 5.86. The lowest BCUT2D eigenvalue weighted by Crippen LogP contribution is -2.23. The van der Waals surface area contributed by atoms with Crippen LogP contribution in [0.25, 0.3) is 0 Å². The molecule has 0 spiro atoms. The highest BCUT2D eigenvalue weighted by atomic mass is 19.1. The van der Waals surface area contributed by atoms with Gasteiger partial charge in [-0.1, -0.05) is 18.7 Å². The zero-order valence-corrected chi connectivity index (χ0v) is 9.03. The highest BCUT2D eigenvalue weighted by Gasteiger charge is 2.08. The van der Waals surface area contributed by atoms with E-state index < -0.39 is 5.97 Å². The number of halogens is 1. The standard InChI is InChI=1S/C12H14FNO2/c1-8(12(15)16)7-14-9(2)10-4-3-5-11(13)6-10/h3-6,9,14H,1,7H2,2H3,(H,15,16). The molecular weight excluding hydrogens is 209 g/mol. The molecule has 0 heterocycles. The van der Waals surface area contributed by atoms with Crippen molar-refractivity contribution in [1.82, 2.24) is 5.32 Å². The topological polar surface area (TPSA) is 49.3 Å². The summed E-state index contributed by atoms with van der Waals surface area (Å²) in [5.74, 6) is -1.33. The number of benzene rings is 1. The Bertz CT molecular complexity index is 404. The molecule has 0 radical (unpaired) electrons. The maximum atomic E-state index is 12.9. The molecule has 4 heteroatoms. The van der Waals surface area contributed by atoms with Crippen LogP contribution < -0.4 is 5.32 Å². The van der Waals surface area contributed by atoms with Gasteiger partial charge in [0.2, 0.25) is 0 Å². The first-order chi connectivity index (χ1) is 7.50. The summed E-state index contributed by atoms with van der Waals surface area (Å²) in [5, 5.41) is 11.6. The molecule has 1 aromatic rings. The van der Waals surface area contributed by atoms with Gasteiger partial charge in [-0.3, -0.25) is 0 Å². The molecule has 0 aliphatic heterocycles. The molecule has 0 saturated carbocycles. The summed E-state index contributed by atoms with van der Waals surface area (Å²) in [6, 6.07) is 6.07. The zero-order valence-electron chi connectivity index (χ0n) is 9.03. The first-order valence-corrected chi connectivity index (χ1v) is 4.90. The van der Waals surface area contributed by atoms with E-state index in [0.717, 1.165) is 5.56 Å². The van der Waals surface area contributed by atoms with E-state index in [1.54, 1.807) is 12.1 Å². The van der Waals surface area contributed by atoms with E-state index in [2.05, 4.69) is 11.9 Å². The number of carbonyl (C=O) groups is 1. The molecule has 86 valence electrons. The molecule has 2 N–H and O–H groups in total. The number of hydrogen-bond donors (Lipinski definition) is 2. The molecular formula is C12H14FNO2. The molecule has 1 unspecified atom stereocenters. The molecule has 1 aromatic carbocycles. The average Bonchev–Trinajstić information content (AvgIpc) is 2.25. The fraction of sp³-hybridized carbons (Fsp3) is 0.250. The lowest BCUT2D eigenvalue weighted by atomic mass is 10.1. The summed E-state index contributed by atoms with van der Waals surface area (Å²) >= 11 is 0. The number of aliphatic carboxylic acids is 1. The van der Waals surface area contributed by atoms with Gasteiger partial charge < -0.3 is 10.4 Å². The summed E-state index contributed by atoms with van der Waals surface area (Å²) < 4.78 is 12.9. The van der Waals surface area contributed by atoms with Gasteiger partial charge in [-0.2, -0.15) is 0 Å². The average molecular weight is 223 g/mol. The minimum atomic E-state index is -1.03. The van der Waals surface area contributed by atoms with Gasteiger partial charge in [0.15, 0.2) is 0 Å². The largest absolute Gasteiger partial charge is 0.478 e. The van der Waals surface area contributed by atoms with Crippen LogP contribution in [0.15, 0.2) is 36.4 Å². The maximum absolute atomic E-state index is 12.9. The van der Waals surface area contributed by atoms with E-state index >= 15 is 0 Å². The first kappa shape index (κ1) is 12.4. The Labute approximate surface area is 93.6 Å².